The van der Waals surface area contributed by atoms with Crippen LogP contribution < -0.4 is 5.32 Å². The second kappa shape index (κ2) is 7.21. The molecule has 2 aromatic rings. The molecular formula is C14H19N3OS. The van der Waals surface area contributed by atoms with Crippen LogP contribution in [0.15, 0.2) is 41.6 Å². The molecule has 0 aliphatic heterocycles. The third kappa shape index (κ3) is 3.75. The molecule has 0 radical (unpaired) electrons. The summed E-state index contributed by atoms with van der Waals surface area (Å²) >= 11 is 1.74. The molecule has 0 atom stereocenters. The Morgan fingerprint density at radius 1 is 1.32 bits per heavy atom. The van der Waals surface area contributed by atoms with Crippen molar-refractivity contribution in [3.05, 3.63) is 36.7 Å². The quantitative estimate of drug-likeness (QED) is 0.623. The van der Waals surface area contributed by atoms with Gasteiger partial charge >= 0.3 is 0 Å². The van der Waals surface area contributed by atoms with Crippen LogP contribution in [0.25, 0.3) is 5.69 Å². The standard InChI is InChI=1S/C14H19N3OS/c1-18-11-3-8-15-14-16-9-10-17(14)12-4-6-13(19-2)7-5-12/h4-7,9-10H,3,8,11H2,1-2H3,(H,15,16). The molecule has 1 aromatic heterocycles. The Balaban J connectivity index is 2.05. The molecule has 0 unspecified atom stereocenters. The van der Waals surface area contributed by atoms with E-state index < -0.39 is 0 Å². The van der Waals surface area contributed by atoms with E-state index >= 15 is 0 Å². The van der Waals surface area contributed by atoms with Crippen molar-refractivity contribution in [2.75, 3.05) is 31.8 Å². The van der Waals surface area contributed by atoms with Gasteiger partial charge in [0, 0.05) is 43.2 Å². The second-order valence-electron chi connectivity index (χ2n) is 4.09. The fourth-order valence-corrected chi connectivity index (χ4v) is 2.21. The van der Waals surface area contributed by atoms with Crippen LogP contribution in [0.3, 0.4) is 0 Å². The van der Waals surface area contributed by atoms with Crippen LogP contribution in [-0.4, -0.2) is 36.1 Å². The van der Waals surface area contributed by atoms with Gasteiger partial charge in [0.15, 0.2) is 0 Å². The number of ether oxygens (including phenoxy) is 1. The smallest absolute Gasteiger partial charge is 0.207 e. The van der Waals surface area contributed by atoms with Gasteiger partial charge in [-0.25, -0.2) is 4.98 Å². The Morgan fingerprint density at radius 2 is 2.11 bits per heavy atom. The van der Waals surface area contributed by atoms with Gasteiger partial charge in [0.05, 0.1) is 0 Å². The van der Waals surface area contributed by atoms with Crippen LogP contribution in [-0.2, 0) is 4.74 Å². The van der Waals surface area contributed by atoms with Gasteiger partial charge < -0.3 is 10.1 Å². The van der Waals surface area contributed by atoms with Crippen molar-refractivity contribution in [2.45, 2.75) is 11.3 Å². The lowest BCUT2D eigenvalue weighted by atomic mass is 10.3. The molecule has 19 heavy (non-hydrogen) atoms. The summed E-state index contributed by atoms with van der Waals surface area (Å²) in [5.74, 6) is 0.869. The van der Waals surface area contributed by atoms with Crippen LogP contribution in [0.5, 0.6) is 0 Å². The zero-order valence-electron chi connectivity index (χ0n) is 11.3. The molecule has 0 aliphatic carbocycles. The Labute approximate surface area is 118 Å². The molecule has 0 fully saturated rings. The largest absolute Gasteiger partial charge is 0.385 e. The monoisotopic (exact) mass is 277 g/mol. The van der Waals surface area contributed by atoms with Crippen molar-refractivity contribution in [1.29, 1.82) is 0 Å². The highest BCUT2D eigenvalue weighted by atomic mass is 32.2. The van der Waals surface area contributed by atoms with E-state index in [1.54, 1.807) is 25.1 Å². The van der Waals surface area contributed by atoms with Gasteiger partial charge in [-0.1, -0.05) is 0 Å². The lowest BCUT2D eigenvalue weighted by Crippen LogP contribution is -2.09. The van der Waals surface area contributed by atoms with Gasteiger partial charge in [-0.3, -0.25) is 4.57 Å². The van der Waals surface area contributed by atoms with Gasteiger partial charge in [0.25, 0.3) is 0 Å². The van der Waals surface area contributed by atoms with Crippen molar-refractivity contribution in [1.82, 2.24) is 9.55 Å². The van der Waals surface area contributed by atoms with E-state index in [0.29, 0.717) is 0 Å². The van der Waals surface area contributed by atoms with Crippen molar-refractivity contribution in [3.8, 4) is 5.69 Å². The highest BCUT2D eigenvalue weighted by molar-refractivity contribution is 7.98. The highest BCUT2D eigenvalue weighted by Gasteiger charge is 2.04. The summed E-state index contributed by atoms with van der Waals surface area (Å²) in [6.45, 7) is 1.61. The summed E-state index contributed by atoms with van der Waals surface area (Å²) in [4.78, 5) is 5.60. The summed E-state index contributed by atoms with van der Waals surface area (Å²) in [5, 5.41) is 3.32. The maximum atomic E-state index is 5.03. The van der Waals surface area contributed by atoms with Crippen molar-refractivity contribution < 1.29 is 4.74 Å². The third-order valence-corrected chi connectivity index (χ3v) is 3.54. The summed E-state index contributed by atoms with van der Waals surface area (Å²) < 4.78 is 7.08. The van der Waals surface area contributed by atoms with Crippen LogP contribution >= 0.6 is 11.8 Å². The first-order valence-electron chi connectivity index (χ1n) is 6.25. The Bertz CT molecular complexity index is 496. The third-order valence-electron chi connectivity index (χ3n) is 2.80. The Morgan fingerprint density at radius 3 is 2.79 bits per heavy atom. The van der Waals surface area contributed by atoms with Crippen molar-refractivity contribution in [3.63, 3.8) is 0 Å². The first kappa shape index (κ1) is 14.0. The second-order valence-corrected chi connectivity index (χ2v) is 4.97. The average Bonchev–Trinajstić information content (AvgIpc) is 2.92. The van der Waals surface area contributed by atoms with Crippen LogP contribution in [0.2, 0.25) is 0 Å². The van der Waals surface area contributed by atoms with Gasteiger partial charge in [0.1, 0.15) is 0 Å². The van der Waals surface area contributed by atoms with Crippen molar-refractivity contribution in [2.24, 2.45) is 0 Å². The normalized spacial score (nSPS) is 10.6. The number of methoxy groups -OCH3 is 1. The summed E-state index contributed by atoms with van der Waals surface area (Å²) in [7, 11) is 1.72. The first-order valence-corrected chi connectivity index (χ1v) is 7.48. The number of hydrogen-bond donors (Lipinski definition) is 1. The molecule has 1 heterocycles. The van der Waals surface area contributed by atoms with E-state index in [1.165, 1.54) is 4.90 Å². The van der Waals surface area contributed by atoms with E-state index in [-0.39, 0.29) is 0 Å². The number of thioether (sulfide) groups is 1. The number of nitrogens with one attached hydrogen (secondary N) is 1. The topological polar surface area (TPSA) is 39.1 Å². The zero-order valence-corrected chi connectivity index (χ0v) is 12.1. The number of hydrogen-bond acceptors (Lipinski definition) is 4. The number of rotatable bonds is 7. The fourth-order valence-electron chi connectivity index (χ4n) is 1.80. The molecule has 0 aliphatic rings. The van der Waals surface area contributed by atoms with Crippen LogP contribution in [0.4, 0.5) is 5.95 Å². The minimum absolute atomic E-state index is 0.760. The first-order chi connectivity index (χ1) is 9.35. The summed E-state index contributed by atoms with van der Waals surface area (Å²) in [5.41, 5.74) is 1.12. The molecule has 1 N–H and O–H groups in total. The maximum Gasteiger partial charge on any atom is 0.207 e. The summed E-state index contributed by atoms with van der Waals surface area (Å²) in [6, 6.07) is 8.45. The van der Waals surface area contributed by atoms with E-state index in [2.05, 4.69) is 45.4 Å². The van der Waals surface area contributed by atoms with Gasteiger partial charge in [0.2, 0.25) is 5.95 Å². The number of nitrogens with zero attached hydrogens (tertiary/aromatic N) is 2. The maximum absolute atomic E-state index is 5.03. The Kier molecular flexibility index (Phi) is 5.30. The molecule has 2 rings (SSSR count). The van der Waals surface area contributed by atoms with Gasteiger partial charge in [-0.2, -0.15) is 0 Å². The molecule has 0 amide bonds. The molecule has 102 valence electrons. The molecule has 1 aromatic carbocycles. The van der Waals surface area contributed by atoms with E-state index in [9.17, 15) is 0 Å². The fraction of sp³-hybridized carbons (Fsp3) is 0.357. The minimum atomic E-state index is 0.760. The van der Waals surface area contributed by atoms with Gasteiger partial charge in [-0.15, -0.1) is 11.8 Å². The van der Waals surface area contributed by atoms with E-state index in [0.717, 1.165) is 31.2 Å². The molecule has 0 saturated heterocycles. The van der Waals surface area contributed by atoms with E-state index in [1.807, 2.05) is 6.20 Å². The highest BCUT2D eigenvalue weighted by Crippen LogP contribution is 2.19. The molecule has 0 bridgehead atoms. The van der Waals surface area contributed by atoms with Crippen LogP contribution in [0.1, 0.15) is 6.42 Å². The number of aromatic nitrogens is 2. The van der Waals surface area contributed by atoms with Gasteiger partial charge in [-0.05, 0) is 36.9 Å². The number of benzene rings is 1. The lowest BCUT2D eigenvalue weighted by Gasteiger charge is -2.10. The predicted molar refractivity (Wildman–Crippen MR) is 80.3 cm³/mol. The molecular weight excluding hydrogens is 258 g/mol. The molecule has 0 spiro atoms. The summed E-state index contributed by atoms with van der Waals surface area (Å²) in [6.07, 6.45) is 6.82. The predicted octanol–water partition coefficient (Wildman–Crippen LogP) is 3.04. The van der Waals surface area contributed by atoms with Crippen molar-refractivity contribution >= 4 is 17.7 Å². The molecule has 0 saturated carbocycles. The van der Waals surface area contributed by atoms with Crippen LogP contribution in [0, 0.1) is 0 Å². The zero-order chi connectivity index (χ0) is 13.5. The van der Waals surface area contributed by atoms with E-state index in [4.69, 9.17) is 4.74 Å². The number of anilines is 1. The Hall–Kier alpha value is -1.46. The molecule has 5 heteroatoms. The SMILES string of the molecule is COCCCNc1nccn1-c1ccc(SC)cc1. The lowest BCUT2D eigenvalue weighted by molar-refractivity contribution is 0.197. The number of imidazole rings is 1. The average molecular weight is 277 g/mol. The minimum Gasteiger partial charge on any atom is -0.385 e. The molecule has 4 nitrogen and oxygen atoms in total.